The third-order valence-electron chi connectivity index (χ3n) is 5.93. The van der Waals surface area contributed by atoms with Crippen molar-refractivity contribution in [3.8, 4) is 0 Å². The number of aliphatic hydroxyl groups excluding tert-OH is 2. The first-order valence-electron chi connectivity index (χ1n) is 12.1. The van der Waals surface area contributed by atoms with E-state index in [-0.39, 0.29) is 33.5 Å². The highest BCUT2D eigenvalue weighted by Gasteiger charge is 2.47. The Morgan fingerprint density at radius 3 is 2.44 bits per heavy atom. The van der Waals surface area contributed by atoms with Crippen LogP contribution in [0.1, 0.15) is 13.2 Å². The maximum atomic E-state index is 12.7. The van der Waals surface area contributed by atoms with Crippen LogP contribution in [0.4, 0.5) is 22.2 Å². The number of nitrogens with one attached hydrogen (secondary N) is 4. The van der Waals surface area contributed by atoms with E-state index in [2.05, 4.69) is 45.6 Å². The molecule has 4 heterocycles. The van der Waals surface area contributed by atoms with E-state index in [0.717, 1.165) is 6.33 Å². The number of imidazole rings is 1. The molecule has 6 N–H and O–H groups in total. The molecule has 41 heavy (non-hydrogen) atoms. The Bertz CT molecular complexity index is 1670. The lowest BCUT2D eigenvalue weighted by Gasteiger charge is -2.16. The summed E-state index contributed by atoms with van der Waals surface area (Å²) in [5, 5.41) is 28.5. The fraction of sp³-hybridized carbons (Fsp3) is 0.261. The van der Waals surface area contributed by atoms with Crippen molar-refractivity contribution in [2.75, 3.05) is 21.9 Å². The van der Waals surface area contributed by atoms with E-state index >= 15 is 0 Å². The van der Waals surface area contributed by atoms with E-state index in [1.54, 1.807) is 13.0 Å². The smallest absolute Gasteiger partial charge is 0.324 e. The molecular weight excluding hydrogens is 560 g/mol. The molecule has 17 nitrogen and oxygen atoms in total. The number of likely N-dealkylation sites (N-methyl/N-ethyl adjacent to an activating group) is 1. The summed E-state index contributed by atoms with van der Waals surface area (Å²) in [6, 6.07) is 6.20. The average Bonchev–Trinajstić information content (AvgIpc) is 3.51. The number of ether oxygens (including phenoxy) is 1. The SMILES string of the molecule is CCNC(=O)[C@H]1O[C@@H](n2cnc3c(NC(=O)Nc4ccc(S(=O)(=O)Nc5ncccn5)cc4)ncnc32)[C@H](O)[C@@H]1O. The molecule has 1 saturated heterocycles. The minimum Gasteiger partial charge on any atom is -0.387 e. The third kappa shape index (κ3) is 5.75. The number of benzene rings is 1. The lowest BCUT2D eigenvalue weighted by Crippen LogP contribution is -2.42. The van der Waals surface area contributed by atoms with Crippen LogP contribution < -0.4 is 20.7 Å². The molecule has 1 aromatic carbocycles. The quantitative estimate of drug-likeness (QED) is 0.158. The van der Waals surface area contributed by atoms with Crippen molar-refractivity contribution in [1.29, 1.82) is 0 Å². The predicted octanol–water partition coefficient (Wildman–Crippen LogP) is -0.184. The van der Waals surface area contributed by atoms with Gasteiger partial charge in [0.05, 0.1) is 11.2 Å². The minimum atomic E-state index is -3.95. The van der Waals surface area contributed by atoms with Crippen LogP contribution in [0, 0.1) is 0 Å². The third-order valence-corrected chi connectivity index (χ3v) is 7.27. The van der Waals surface area contributed by atoms with E-state index in [0.29, 0.717) is 6.54 Å². The molecule has 0 spiro atoms. The molecule has 18 heteroatoms. The molecule has 1 fully saturated rings. The Hall–Kier alpha value is -4.78. The van der Waals surface area contributed by atoms with Gasteiger partial charge in [-0.25, -0.2) is 42.9 Å². The molecule has 0 unspecified atom stereocenters. The largest absolute Gasteiger partial charge is 0.387 e. The topological polar surface area (TPSA) is 235 Å². The van der Waals surface area contributed by atoms with Gasteiger partial charge < -0.3 is 25.6 Å². The van der Waals surface area contributed by atoms with Crippen molar-refractivity contribution >= 4 is 50.6 Å². The number of amides is 3. The molecule has 0 saturated carbocycles. The number of hydrogen-bond donors (Lipinski definition) is 6. The summed E-state index contributed by atoms with van der Waals surface area (Å²) >= 11 is 0. The molecule has 5 rings (SSSR count). The standard InChI is InChI=1S/C23H24N10O7S/c1-2-24-20(36)17-15(34)16(35)21(40-17)33-11-29-14-18(27-10-28-19(14)33)31-23(37)30-12-4-6-13(7-5-12)41(38,39)32-22-25-8-3-9-26-22/h3-11,15-17,21,34-35H,2H2,1H3,(H,24,36)(H,25,26,32)(H2,27,28,30,31,37)/t15-,16+,17-,21+/m0/s1. The molecule has 214 valence electrons. The first-order chi connectivity index (χ1) is 19.7. The van der Waals surface area contributed by atoms with Gasteiger partial charge in [0.1, 0.15) is 18.5 Å². The molecule has 4 aromatic rings. The van der Waals surface area contributed by atoms with Crippen LogP contribution in [0.25, 0.3) is 11.2 Å². The molecule has 1 aliphatic rings. The number of aromatic nitrogens is 6. The number of carbonyl (C=O) groups is 2. The van der Waals surface area contributed by atoms with Gasteiger partial charge in [-0.2, -0.15) is 0 Å². The first kappa shape index (κ1) is 27.8. The van der Waals surface area contributed by atoms with Crippen LogP contribution in [0.3, 0.4) is 0 Å². The van der Waals surface area contributed by atoms with Crippen LogP contribution in [0.15, 0.2) is 60.3 Å². The second-order valence-electron chi connectivity index (χ2n) is 8.65. The zero-order valence-electron chi connectivity index (χ0n) is 21.2. The fourth-order valence-electron chi connectivity index (χ4n) is 4.03. The normalized spacial score (nSPS) is 20.5. The van der Waals surface area contributed by atoms with Gasteiger partial charge in [-0.05, 0) is 37.3 Å². The summed E-state index contributed by atoms with van der Waals surface area (Å²) in [6.45, 7) is 2.02. The van der Waals surface area contributed by atoms with Gasteiger partial charge in [-0.15, -0.1) is 0 Å². The predicted molar refractivity (Wildman–Crippen MR) is 142 cm³/mol. The Labute approximate surface area is 232 Å². The zero-order chi connectivity index (χ0) is 29.1. The average molecular weight is 585 g/mol. The Kier molecular flexibility index (Phi) is 7.70. The summed E-state index contributed by atoms with van der Waals surface area (Å²) in [7, 11) is -3.95. The molecule has 0 radical (unpaired) electrons. The summed E-state index contributed by atoms with van der Waals surface area (Å²) in [5.74, 6) is -0.641. The number of anilines is 3. The van der Waals surface area contributed by atoms with Crippen molar-refractivity contribution in [2.45, 2.75) is 36.4 Å². The van der Waals surface area contributed by atoms with Crippen LogP contribution >= 0.6 is 0 Å². The number of aliphatic hydroxyl groups is 2. The van der Waals surface area contributed by atoms with Crippen molar-refractivity contribution in [1.82, 2.24) is 34.8 Å². The fourth-order valence-corrected chi connectivity index (χ4v) is 4.99. The zero-order valence-corrected chi connectivity index (χ0v) is 22.1. The second-order valence-corrected chi connectivity index (χ2v) is 10.3. The van der Waals surface area contributed by atoms with E-state index in [9.17, 15) is 28.2 Å². The summed E-state index contributed by atoms with van der Waals surface area (Å²) in [6.07, 6.45) is -0.221. The lowest BCUT2D eigenvalue weighted by atomic mass is 10.1. The summed E-state index contributed by atoms with van der Waals surface area (Å²) in [5.41, 5.74) is 0.582. The van der Waals surface area contributed by atoms with E-state index < -0.39 is 46.5 Å². The number of carbonyl (C=O) groups excluding carboxylic acids is 2. The van der Waals surface area contributed by atoms with Gasteiger partial charge in [0, 0.05) is 24.6 Å². The molecule has 0 aliphatic carbocycles. The van der Waals surface area contributed by atoms with E-state index in [1.807, 2.05) is 0 Å². The van der Waals surface area contributed by atoms with E-state index in [1.165, 1.54) is 47.6 Å². The van der Waals surface area contributed by atoms with Gasteiger partial charge in [0.2, 0.25) is 5.95 Å². The summed E-state index contributed by atoms with van der Waals surface area (Å²) < 4.78 is 34.3. The highest BCUT2D eigenvalue weighted by atomic mass is 32.2. The number of urea groups is 1. The lowest BCUT2D eigenvalue weighted by molar-refractivity contribution is -0.137. The minimum absolute atomic E-state index is 0.0193. The van der Waals surface area contributed by atoms with Crippen molar-refractivity contribution in [2.24, 2.45) is 0 Å². The molecule has 1 aliphatic heterocycles. The van der Waals surface area contributed by atoms with Gasteiger partial charge in [-0.3, -0.25) is 14.7 Å². The highest BCUT2D eigenvalue weighted by Crippen LogP contribution is 2.32. The van der Waals surface area contributed by atoms with Gasteiger partial charge in [0.25, 0.3) is 15.9 Å². The summed E-state index contributed by atoms with van der Waals surface area (Å²) in [4.78, 5) is 44.8. The molecule has 3 amide bonds. The number of sulfonamides is 1. The molecule has 0 bridgehead atoms. The van der Waals surface area contributed by atoms with Crippen molar-refractivity contribution in [3.63, 3.8) is 0 Å². The monoisotopic (exact) mass is 584 g/mol. The molecule has 3 aromatic heterocycles. The Morgan fingerprint density at radius 1 is 1.00 bits per heavy atom. The van der Waals surface area contributed by atoms with Crippen LogP contribution in [-0.2, 0) is 19.6 Å². The number of fused-ring (bicyclic) bond motifs is 1. The van der Waals surface area contributed by atoms with Gasteiger partial charge in [0.15, 0.2) is 29.3 Å². The van der Waals surface area contributed by atoms with Crippen LogP contribution in [0.2, 0.25) is 0 Å². The maximum absolute atomic E-state index is 12.7. The van der Waals surface area contributed by atoms with Gasteiger partial charge >= 0.3 is 6.03 Å². The first-order valence-corrected chi connectivity index (χ1v) is 13.6. The second kappa shape index (κ2) is 11.4. The Balaban J connectivity index is 1.27. The highest BCUT2D eigenvalue weighted by molar-refractivity contribution is 7.92. The number of rotatable bonds is 8. The van der Waals surface area contributed by atoms with Crippen molar-refractivity contribution < 1.29 is 33.0 Å². The van der Waals surface area contributed by atoms with Crippen LogP contribution in [-0.4, -0.2) is 84.9 Å². The van der Waals surface area contributed by atoms with Crippen molar-refractivity contribution in [3.05, 3.63) is 55.4 Å². The maximum Gasteiger partial charge on any atom is 0.324 e. The van der Waals surface area contributed by atoms with Crippen LogP contribution in [0.5, 0.6) is 0 Å². The molecule has 4 atom stereocenters. The van der Waals surface area contributed by atoms with E-state index in [4.69, 9.17) is 4.74 Å². The number of nitrogens with zero attached hydrogens (tertiary/aromatic N) is 6. The number of hydrogen-bond acceptors (Lipinski definition) is 12. The Morgan fingerprint density at radius 2 is 1.73 bits per heavy atom. The van der Waals surface area contributed by atoms with Gasteiger partial charge in [-0.1, -0.05) is 0 Å². The molecular formula is C23H24N10O7S.